The van der Waals surface area contributed by atoms with Crippen molar-refractivity contribution in [1.82, 2.24) is 4.90 Å². The first-order valence-corrected chi connectivity index (χ1v) is 9.18. The first-order chi connectivity index (χ1) is 10.6. The molecule has 1 fully saturated rings. The number of aliphatic hydroxyl groups is 1. The summed E-state index contributed by atoms with van der Waals surface area (Å²) in [6.07, 6.45) is 6.82. The molecule has 3 heteroatoms. The molecule has 0 bridgehead atoms. The van der Waals surface area contributed by atoms with Crippen molar-refractivity contribution in [3.63, 3.8) is 0 Å². The van der Waals surface area contributed by atoms with E-state index in [0.717, 1.165) is 49.5 Å². The van der Waals surface area contributed by atoms with Crippen LogP contribution in [-0.2, 0) is 5.60 Å². The lowest BCUT2D eigenvalue weighted by Crippen LogP contribution is -2.40. The van der Waals surface area contributed by atoms with Crippen LogP contribution in [0.15, 0.2) is 24.3 Å². The van der Waals surface area contributed by atoms with Gasteiger partial charge in [-0.25, -0.2) is 0 Å². The molecule has 1 saturated carbocycles. The van der Waals surface area contributed by atoms with Crippen LogP contribution in [0.4, 0.5) is 0 Å². The summed E-state index contributed by atoms with van der Waals surface area (Å²) in [5.41, 5.74) is 0.257. The van der Waals surface area contributed by atoms with Gasteiger partial charge in [0, 0.05) is 11.6 Å². The molecule has 1 aliphatic carbocycles. The average molecular weight is 324 g/mol. The quantitative estimate of drug-likeness (QED) is 0.776. The molecule has 0 amide bonds. The topological polar surface area (TPSA) is 23.5 Å². The van der Waals surface area contributed by atoms with Crippen molar-refractivity contribution < 1.29 is 5.11 Å². The lowest BCUT2D eigenvalue weighted by molar-refractivity contribution is -0.0516. The Hall–Kier alpha value is -0.570. The van der Waals surface area contributed by atoms with Gasteiger partial charge < -0.3 is 10.0 Å². The van der Waals surface area contributed by atoms with Crippen LogP contribution in [0.25, 0.3) is 0 Å². The summed E-state index contributed by atoms with van der Waals surface area (Å²) in [6.45, 7) is 7.37. The van der Waals surface area contributed by atoms with Crippen LogP contribution in [0, 0.1) is 5.92 Å². The number of nitrogens with zero attached hydrogens (tertiary/aromatic N) is 1. The van der Waals surface area contributed by atoms with E-state index in [0.29, 0.717) is 5.92 Å². The number of benzene rings is 1. The third-order valence-electron chi connectivity index (χ3n) is 5.31. The highest BCUT2D eigenvalue weighted by molar-refractivity contribution is 6.30. The van der Waals surface area contributed by atoms with Gasteiger partial charge in [0.05, 0.1) is 5.60 Å². The zero-order valence-corrected chi connectivity index (χ0v) is 14.8. The molecule has 1 aromatic rings. The summed E-state index contributed by atoms with van der Waals surface area (Å²) >= 11 is 6.19. The van der Waals surface area contributed by atoms with Crippen LogP contribution >= 0.6 is 11.6 Å². The molecular weight excluding hydrogens is 294 g/mol. The van der Waals surface area contributed by atoms with Crippen LogP contribution < -0.4 is 0 Å². The van der Waals surface area contributed by atoms with Gasteiger partial charge in [-0.15, -0.1) is 0 Å². The summed E-state index contributed by atoms with van der Waals surface area (Å²) in [7, 11) is 0. The van der Waals surface area contributed by atoms with Crippen LogP contribution in [-0.4, -0.2) is 29.6 Å². The number of halogens is 1. The largest absolute Gasteiger partial charge is 0.385 e. The van der Waals surface area contributed by atoms with E-state index < -0.39 is 5.60 Å². The Morgan fingerprint density at radius 2 is 1.86 bits per heavy atom. The van der Waals surface area contributed by atoms with E-state index in [4.69, 9.17) is 11.6 Å². The molecule has 0 saturated heterocycles. The smallest absolute Gasteiger partial charge is 0.0937 e. The molecule has 0 aromatic heterocycles. The summed E-state index contributed by atoms with van der Waals surface area (Å²) in [4.78, 5) is 2.39. The van der Waals surface area contributed by atoms with Crippen molar-refractivity contribution in [2.24, 2.45) is 5.92 Å². The number of hydrogen-bond acceptors (Lipinski definition) is 2. The fraction of sp³-hybridized carbons (Fsp3) is 0.684. The second kappa shape index (κ2) is 8.33. The maximum atomic E-state index is 11.6. The molecule has 22 heavy (non-hydrogen) atoms. The second-order valence-electron chi connectivity index (χ2n) is 6.55. The zero-order chi connectivity index (χ0) is 16.0. The van der Waals surface area contributed by atoms with Crippen molar-refractivity contribution >= 4 is 11.6 Å². The van der Waals surface area contributed by atoms with Crippen molar-refractivity contribution in [2.45, 2.75) is 58.0 Å². The maximum absolute atomic E-state index is 11.6. The monoisotopic (exact) mass is 323 g/mol. The molecule has 1 N–H and O–H groups in total. The third-order valence-corrected chi connectivity index (χ3v) is 5.54. The predicted molar refractivity (Wildman–Crippen MR) is 94.3 cm³/mol. The summed E-state index contributed by atoms with van der Waals surface area (Å²) < 4.78 is 0. The highest BCUT2D eigenvalue weighted by atomic mass is 35.5. The van der Waals surface area contributed by atoms with E-state index in [-0.39, 0.29) is 0 Å². The van der Waals surface area contributed by atoms with Crippen molar-refractivity contribution in [3.8, 4) is 0 Å². The van der Waals surface area contributed by atoms with Gasteiger partial charge in [-0.1, -0.05) is 56.8 Å². The molecule has 0 heterocycles. The van der Waals surface area contributed by atoms with E-state index in [1.807, 2.05) is 24.3 Å². The summed E-state index contributed by atoms with van der Waals surface area (Å²) in [5, 5.41) is 12.3. The standard InChI is InChI=1S/C19H30ClNO/c1-3-21(4-2)14-13-19(22,16-9-6-5-7-10-16)17-11-8-12-18(20)15-17/h8,11-12,15-16,22H,3-7,9-10,13-14H2,1-2H3. The first kappa shape index (κ1) is 17.8. The van der Waals surface area contributed by atoms with Crippen molar-refractivity contribution in [2.75, 3.05) is 19.6 Å². The Labute approximate surface area is 140 Å². The normalized spacial score (nSPS) is 19.3. The highest BCUT2D eigenvalue weighted by Gasteiger charge is 2.38. The molecular formula is C19H30ClNO. The highest BCUT2D eigenvalue weighted by Crippen LogP contribution is 2.42. The van der Waals surface area contributed by atoms with Gasteiger partial charge in [-0.3, -0.25) is 0 Å². The Morgan fingerprint density at radius 3 is 2.45 bits per heavy atom. The van der Waals surface area contributed by atoms with E-state index in [1.165, 1.54) is 19.3 Å². The van der Waals surface area contributed by atoms with Crippen molar-refractivity contribution in [3.05, 3.63) is 34.9 Å². The molecule has 2 nitrogen and oxygen atoms in total. The molecule has 2 rings (SSSR count). The van der Waals surface area contributed by atoms with Gasteiger partial charge in [0.25, 0.3) is 0 Å². The van der Waals surface area contributed by atoms with Crippen LogP contribution in [0.3, 0.4) is 0 Å². The molecule has 1 atom stereocenters. The number of hydrogen-bond donors (Lipinski definition) is 1. The average Bonchev–Trinajstić information content (AvgIpc) is 2.56. The maximum Gasteiger partial charge on any atom is 0.0937 e. The van der Waals surface area contributed by atoms with Gasteiger partial charge in [0.15, 0.2) is 0 Å². The molecule has 1 unspecified atom stereocenters. The zero-order valence-electron chi connectivity index (χ0n) is 14.0. The first-order valence-electron chi connectivity index (χ1n) is 8.81. The Balaban J connectivity index is 2.22. The van der Waals surface area contributed by atoms with Gasteiger partial charge >= 0.3 is 0 Å². The van der Waals surface area contributed by atoms with Crippen molar-refractivity contribution in [1.29, 1.82) is 0 Å². The van der Waals surface area contributed by atoms with Gasteiger partial charge in [0.2, 0.25) is 0 Å². The Morgan fingerprint density at radius 1 is 1.18 bits per heavy atom. The second-order valence-corrected chi connectivity index (χ2v) is 6.98. The van der Waals surface area contributed by atoms with E-state index in [9.17, 15) is 5.11 Å². The third kappa shape index (κ3) is 4.24. The van der Waals surface area contributed by atoms with Gasteiger partial charge in [-0.2, -0.15) is 0 Å². The van der Waals surface area contributed by atoms with Crippen LogP contribution in [0.2, 0.25) is 5.02 Å². The minimum atomic E-state index is -0.742. The predicted octanol–water partition coefficient (Wildman–Crippen LogP) is 4.84. The minimum absolute atomic E-state index is 0.357. The lowest BCUT2D eigenvalue weighted by atomic mass is 9.71. The fourth-order valence-corrected chi connectivity index (χ4v) is 3.98. The van der Waals surface area contributed by atoms with Gasteiger partial charge in [-0.05, 0) is 56.0 Å². The van der Waals surface area contributed by atoms with E-state index >= 15 is 0 Å². The molecule has 124 valence electrons. The molecule has 0 aliphatic heterocycles. The summed E-state index contributed by atoms with van der Waals surface area (Å²) in [6, 6.07) is 7.85. The van der Waals surface area contributed by atoms with Crippen LogP contribution in [0.5, 0.6) is 0 Å². The number of rotatable bonds is 7. The Bertz CT molecular complexity index is 455. The Kier molecular flexibility index (Phi) is 6.73. The summed E-state index contributed by atoms with van der Waals surface area (Å²) in [5.74, 6) is 0.357. The van der Waals surface area contributed by atoms with Gasteiger partial charge in [0.1, 0.15) is 0 Å². The van der Waals surface area contributed by atoms with Crippen LogP contribution in [0.1, 0.15) is 57.9 Å². The minimum Gasteiger partial charge on any atom is -0.385 e. The fourth-order valence-electron chi connectivity index (χ4n) is 3.79. The molecule has 1 aromatic carbocycles. The van der Waals surface area contributed by atoms with E-state index in [1.54, 1.807) is 0 Å². The van der Waals surface area contributed by atoms with E-state index in [2.05, 4.69) is 18.7 Å². The molecule has 0 spiro atoms. The lowest BCUT2D eigenvalue weighted by Gasteiger charge is -2.40. The molecule has 1 aliphatic rings. The SMILES string of the molecule is CCN(CC)CCC(O)(c1cccc(Cl)c1)C1CCCCC1. The molecule has 0 radical (unpaired) electrons.